The van der Waals surface area contributed by atoms with E-state index in [2.05, 4.69) is 4.72 Å². The molecule has 1 saturated heterocycles. The highest BCUT2D eigenvalue weighted by Crippen LogP contribution is 2.18. The number of sulfonamides is 1. The second-order valence-electron chi connectivity index (χ2n) is 5.31. The molecule has 3 N–H and O–H groups in total. The highest BCUT2D eigenvalue weighted by molar-refractivity contribution is 7.88. The molecule has 0 spiro atoms. The standard InChI is InChI=1S/C14H22N2O3S/c1-11(14-5-6-19-9-14)16-20(17,18)10-13-4-2-3-12(7-13)8-15/h2-4,7,11,14,16H,5-6,8-10,15H2,1H3. The van der Waals surface area contributed by atoms with Gasteiger partial charge < -0.3 is 10.5 Å². The van der Waals surface area contributed by atoms with Gasteiger partial charge in [-0.3, -0.25) is 0 Å². The summed E-state index contributed by atoms with van der Waals surface area (Å²) in [5.74, 6) is 0.249. The van der Waals surface area contributed by atoms with Gasteiger partial charge in [-0.05, 0) is 24.5 Å². The van der Waals surface area contributed by atoms with Gasteiger partial charge in [-0.2, -0.15) is 0 Å². The molecule has 2 atom stereocenters. The van der Waals surface area contributed by atoms with E-state index in [1.165, 1.54) is 0 Å². The van der Waals surface area contributed by atoms with E-state index in [4.69, 9.17) is 10.5 Å². The van der Waals surface area contributed by atoms with Gasteiger partial charge in [-0.25, -0.2) is 13.1 Å². The highest BCUT2D eigenvalue weighted by atomic mass is 32.2. The third kappa shape index (κ3) is 4.28. The number of hydrogen-bond donors (Lipinski definition) is 2. The maximum atomic E-state index is 12.2. The molecular weight excluding hydrogens is 276 g/mol. The Morgan fingerprint density at radius 3 is 2.85 bits per heavy atom. The normalized spacial score (nSPS) is 21.0. The van der Waals surface area contributed by atoms with Crippen molar-refractivity contribution in [3.63, 3.8) is 0 Å². The number of nitrogens with one attached hydrogen (secondary N) is 1. The van der Waals surface area contributed by atoms with E-state index in [1.807, 2.05) is 31.2 Å². The first kappa shape index (κ1) is 15.4. The van der Waals surface area contributed by atoms with Gasteiger partial charge >= 0.3 is 0 Å². The number of hydrogen-bond acceptors (Lipinski definition) is 4. The van der Waals surface area contributed by atoms with E-state index in [-0.39, 0.29) is 17.7 Å². The number of rotatable bonds is 6. The maximum Gasteiger partial charge on any atom is 0.216 e. The first-order valence-corrected chi connectivity index (χ1v) is 8.51. The van der Waals surface area contributed by atoms with Crippen LogP contribution < -0.4 is 10.5 Å². The molecule has 0 aliphatic carbocycles. The van der Waals surface area contributed by atoms with Crippen LogP contribution in [0, 0.1) is 5.92 Å². The Morgan fingerprint density at radius 1 is 1.45 bits per heavy atom. The van der Waals surface area contributed by atoms with Gasteiger partial charge in [0, 0.05) is 25.1 Å². The molecule has 1 aromatic rings. The van der Waals surface area contributed by atoms with Crippen LogP contribution in [-0.2, 0) is 27.1 Å². The van der Waals surface area contributed by atoms with Crippen LogP contribution >= 0.6 is 0 Å². The summed E-state index contributed by atoms with van der Waals surface area (Å²) < 4.78 is 32.4. The summed E-state index contributed by atoms with van der Waals surface area (Å²) in [4.78, 5) is 0. The Bertz CT molecular complexity index is 539. The lowest BCUT2D eigenvalue weighted by Gasteiger charge is -2.19. The Morgan fingerprint density at radius 2 is 2.20 bits per heavy atom. The van der Waals surface area contributed by atoms with Crippen LogP contribution in [0.15, 0.2) is 24.3 Å². The molecule has 2 unspecified atom stereocenters. The second kappa shape index (κ2) is 6.67. The molecule has 6 heteroatoms. The van der Waals surface area contributed by atoms with E-state index in [0.29, 0.717) is 13.2 Å². The molecule has 1 heterocycles. The van der Waals surface area contributed by atoms with Crippen molar-refractivity contribution < 1.29 is 13.2 Å². The molecule has 1 aromatic carbocycles. The predicted octanol–water partition coefficient (Wildman–Crippen LogP) is 0.990. The van der Waals surface area contributed by atoms with E-state index >= 15 is 0 Å². The summed E-state index contributed by atoms with van der Waals surface area (Å²) in [5, 5.41) is 0. The molecule has 1 fully saturated rings. The van der Waals surface area contributed by atoms with Gasteiger partial charge in [0.2, 0.25) is 10.0 Å². The van der Waals surface area contributed by atoms with Crippen LogP contribution in [0.5, 0.6) is 0 Å². The van der Waals surface area contributed by atoms with Gasteiger partial charge in [0.05, 0.1) is 12.4 Å². The van der Waals surface area contributed by atoms with Crippen molar-refractivity contribution in [2.75, 3.05) is 13.2 Å². The fourth-order valence-corrected chi connectivity index (χ4v) is 3.89. The monoisotopic (exact) mass is 298 g/mol. The summed E-state index contributed by atoms with van der Waals surface area (Å²) in [6, 6.07) is 7.27. The topological polar surface area (TPSA) is 81.4 Å². The Balaban J connectivity index is 1.99. The predicted molar refractivity (Wildman–Crippen MR) is 78.5 cm³/mol. The third-order valence-corrected chi connectivity index (χ3v) is 5.07. The number of benzene rings is 1. The first-order chi connectivity index (χ1) is 9.50. The molecule has 0 saturated carbocycles. The minimum atomic E-state index is -3.34. The Labute approximate surface area is 120 Å². The van der Waals surface area contributed by atoms with Crippen molar-refractivity contribution in [2.24, 2.45) is 11.7 Å². The van der Waals surface area contributed by atoms with Gasteiger partial charge in [-0.15, -0.1) is 0 Å². The zero-order valence-corrected chi connectivity index (χ0v) is 12.5. The van der Waals surface area contributed by atoms with Crippen LogP contribution in [0.2, 0.25) is 0 Å². The average Bonchev–Trinajstić information content (AvgIpc) is 2.91. The molecule has 0 radical (unpaired) electrons. The van der Waals surface area contributed by atoms with Crippen LogP contribution in [0.25, 0.3) is 0 Å². The quantitative estimate of drug-likeness (QED) is 0.820. The van der Waals surface area contributed by atoms with Crippen LogP contribution in [0.1, 0.15) is 24.5 Å². The van der Waals surface area contributed by atoms with Crippen LogP contribution in [-0.4, -0.2) is 27.7 Å². The lowest BCUT2D eigenvalue weighted by atomic mass is 10.0. The smallest absolute Gasteiger partial charge is 0.216 e. The summed E-state index contributed by atoms with van der Waals surface area (Å²) >= 11 is 0. The van der Waals surface area contributed by atoms with E-state index in [1.54, 1.807) is 0 Å². The summed E-state index contributed by atoms with van der Waals surface area (Å²) in [6.45, 7) is 3.66. The molecule has 0 bridgehead atoms. The summed E-state index contributed by atoms with van der Waals surface area (Å²) in [5.41, 5.74) is 7.27. The van der Waals surface area contributed by atoms with Gasteiger partial charge in [0.1, 0.15) is 0 Å². The van der Waals surface area contributed by atoms with Crippen molar-refractivity contribution in [3.8, 4) is 0 Å². The fourth-order valence-electron chi connectivity index (χ4n) is 2.43. The van der Waals surface area contributed by atoms with Crippen molar-refractivity contribution >= 4 is 10.0 Å². The first-order valence-electron chi connectivity index (χ1n) is 6.86. The number of ether oxygens (including phenoxy) is 1. The lowest BCUT2D eigenvalue weighted by molar-refractivity contribution is 0.180. The SMILES string of the molecule is CC(NS(=O)(=O)Cc1cccc(CN)c1)C1CCOC1. The minimum absolute atomic E-state index is 0.0151. The van der Waals surface area contributed by atoms with E-state index in [9.17, 15) is 8.42 Å². The maximum absolute atomic E-state index is 12.2. The van der Waals surface area contributed by atoms with Gasteiger partial charge in [-0.1, -0.05) is 24.3 Å². The second-order valence-corrected chi connectivity index (χ2v) is 7.07. The molecule has 0 amide bonds. The molecule has 5 nitrogen and oxygen atoms in total. The summed E-state index contributed by atoms with van der Waals surface area (Å²) in [7, 11) is -3.34. The fraction of sp³-hybridized carbons (Fsp3) is 0.571. The minimum Gasteiger partial charge on any atom is -0.381 e. The van der Waals surface area contributed by atoms with E-state index < -0.39 is 10.0 Å². The molecule has 1 aliphatic rings. The zero-order valence-electron chi connectivity index (χ0n) is 11.7. The van der Waals surface area contributed by atoms with Crippen LogP contribution in [0.3, 0.4) is 0 Å². The van der Waals surface area contributed by atoms with Crippen molar-refractivity contribution in [1.29, 1.82) is 0 Å². The average molecular weight is 298 g/mol. The van der Waals surface area contributed by atoms with Crippen molar-refractivity contribution in [3.05, 3.63) is 35.4 Å². The molecule has 0 aromatic heterocycles. The van der Waals surface area contributed by atoms with Crippen LogP contribution in [0.4, 0.5) is 0 Å². The molecule has 20 heavy (non-hydrogen) atoms. The zero-order chi connectivity index (χ0) is 14.6. The van der Waals surface area contributed by atoms with Crippen molar-refractivity contribution in [1.82, 2.24) is 4.72 Å². The summed E-state index contributed by atoms with van der Waals surface area (Å²) in [6.07, 6.45) is 0.909. The molecule has 112 valence electrons. The van der Waals surface area contributed by atoms with Crippen molar-refractivity contribution in [2.45, 2.75) is 31.7 Å². The molecule has 1 aliphatic heterocycles. The highest BCUT2D eigenvalue weighted by Gasteiger charge is 2.25. The van der Waals surface area contributed by atoms with E-state index in [0.717, 1.165) is 24.2 Å². The largest absolute Gasteiger partial charge is 0.381 e. The molecule has 2 rings (SSSR count). The number of nitrogens with two attached hydrogens (primary N) is 1. The van der Waals surface area contributed by atoms with Gasteiger partial charge in [0.15, 0.2) is 0 Å². The molecular formula is C14H22N2O3S. The van der Waals surface area contributed by atoms with Gasteiger partial charge in [0.25, 0.3) is 0 Å². The Hall–Kier alpha value is -0.950. The lowest BCUT2D eigenvalue weighted by Crippen LogP contribution is -2.38. The Kier molecular flexibility index (Phi) is 5.15. The third-order valence-electron chi connectivity index (χ3n) is 3.62.